The van der Waals surface area contributed by atoms with Crippen LogP contribution in [0.1, 0.15) is 20.3 Å². The van der Waals surface area contributed by atoms with Crippen LogP contribution in [-0.2, 0) is 9.84 Å². The van der Waals surface area contributed by atoms with Gasteiger partial charge in [-0.1, -0.05) is 6.92 Å². The number of aliphatic hydroxyl groups excluding tert-OH is 1. The van der Waals surface area contributed by atoms with Crippen LogP contribution in [0.5, 0.6) is 0 Å². The molecule has 0 saturated carbocycles. The molecule has 2 atom stereocenters. The maximum atomic E-state index is 11.3. The van der Waals surface area contributed by atoms with Crippen molar-refractivity contribution in [3.05, 3.63) is 0 Å². The van der Waals surface area contributed by atoms with Crippen LogP contribution in [0.25, 0.3) is 0 Å². The van der Waals surface area contributed by atoms with Crippen molar-refractivity contribution in [3.8, 4) is 0 Å². The Morgan fingerprint density at radius 2 is 2.21 bits per heavy atom. The van der Waals surface area contributed by atoms with Gasteiger partial charge in [-0.05, 0) is 13.3 Å². The first-order chi connectivity index (χ1) is 6.44. The highest BCUT2D eigenvalue weighted by Gasteiger charge is 2.28. The molecule has 84 valence electrons. The van der Waals surface area contributed by atoms with Gasteiger partial charge in [-0.2, -0.15) is 0 Å². The lowest BCUT2D eigenvalue weighted by Gasteiger charge is -2.34. The van der Waals surface area contributed by atoms with Crippen molar-refractivity contribution in [1.29, 1.82) is 0 Å². The average molecular weight is 221 g/mol. The van der Waals surface area contributed by atoms with Gasteiger partial charge in [0.05, 0.1) is 17.6 Å². The van der Waals surface area contributed by atoms with Crippen LogP contribution in [0.2, 0.25) is 0 Å². The number of rotatable bonds is 3. The van der Waals surface area contributed by atoms with Crippen LogP contribution in [-0.4, -0.2) is 55.2 Å². The van der Waals surface area contributed by atoms with Gasteiger partial charge in [0, 0.05) is 19.1 Å². The molecule has 4 nitrogen and oxygen atoms in total. The summed E-state index contributed by atoms with van der Waals surface area (Å²) in [7, 11) is -2.83. The third-order valence-electron chi connectivity index (χ3n) is 2.72. The molecule has 0 bridgehead atoms. The van der Waals surface area contributed by atoms with Crippen molar-refractivity contribution < 1.29 is 13.5 Å². The molecule has 0 aromatic rings. The van der Waals surface area contributed by atoms with E-state index < -0.39 is 9.84 Å². The Labute approximate surface area is 85.8 Å². The van der Waals surface area contributed by atoms with Crippen molar-refractivity contribution in [1.82, 2.24) is 4.90 Å². The van der Waals surface area contributed by atoms with E-state index in [1.807, 2.05) is 13.8 Å². The molecular weight excluding hydrogens is 202 g/mol. The first-order valence-corrected chi connectivity index (χ1v) is 6.89. The molecule has 0 aliphatic carbocycles. The van der Waals surface area contributed by atoms with Gasteiger partial charge in [0.1, 0.15) is 0 Å². The minimum Gasteiger partial charge on any atom is -0.392 e. The van der Waals surface area contributed by atoms with Gasteiger partial charge >= 0.3 is 0 Å². The Kier molecular flexibility index (Phi) is 3.92. The van der Waals surface area contributed by atoms with Crippen molar-refractivity contribution in [2.75, 3.05) is 24.6 Å². The maximum Gasteiger partial charge on any atom is 0.153 e. The predicted octanol–water partition coefficient (Wildman–Crippen LogP) is -0.124. The Morgan fingerprint density at radius 3 is 2.71 bits per heavy atom. The summed E-state index contributed by atoms with van der Waals surface area (Å²) in [6.45, 7) is 4.98. The highest BCUT2D eigenvalue weighted by atomic mass is 32.2. The summed E-state index contributed by atoms with van der Waals surface area (Å²) in [5.41, 5.74) is 0. The van der Waals surface area contributed by atoms with Crippen molar-refractivity contribution in [3.63, 3.8) is 0 Å². The number of sulfone groups is 1. The molecule has 0 amide bonds. The molecule has 1 aliphatic heterocycles. The second kappa shape index (κ2) is 4.59. The molecule has 1 heterocycles. The fourth-order valence-corrected chi connectivity index (χ4v) is 3.33. The Morgan fingerprint density at radius 1 is 1.57 bits per heavy atom. The Bertz CT molecular complexity index is 276. The Hall–Kier alpha value is -0.130. The molecule has 0 spiro atoms. The summed E-state index contributed by atoms with van der Waals surface area (Å²) in [6.07, 6.45) is 0.383. The smallest absolute Gasteiger partial charge is 0.153 e. The third-order valence-corrected chi connectivity index (χ3v) is 4.52. The van der Waals surface area contributed by atoms with Gasteiger partial charge in [0.15, 0.2) is 9.84 Å². The summed E-state index contributed by atoms with van der Waals surface area (Å²) in [4.78, 5) is 2.05. The quantitative estimate of drug-likeness (QED) is 0.721. The van der Waals surface area contributed by atoms with Gasteiger partial charge in [-0.25, -0.2) is 8.42 Å². The van der Waals surface area contributed by atoms with Crippen LogP contribution in [0.3, 0.4) is 0 Å². The molecular formula is C9H19NO3S. The number of aliphatic hydroxyl groups is 1. The van der Waals surface area contributed by atoms with E-state index in [0.29, 0.717) is 13.1 Å². The molecule has 5 heteroatoms. The van der Waals surface area contributed by atoms with Crippen LogP contribution in [0.4, 0.5) is 0 Å². The number of nitrogens with zero attached hydrogens (tertiary/aromatic N) is 1. The highest BCUT2D eigenvalue weighted by Crippen LogP contribution is 2.12. The molecule has 0 aromatic carbocycles. The highest BCUT2D eigenvalue weighted by molar-refractivity contribution is 7.91. The zero-order valence-electron chi connectivity index (χ0n) is 8.81. The van der Waals surface area contributed by atoms with Crippen LogP contribution < -0.4 is 0 Å². The summed E-state index contributed by atoms with van der Waals surface area (Å²) in [5.74, 6) is 0.456. The van der Waals surface area contributed by atoms with Crippen LogP contribution in [0, 0.1) is 0 Å². The van der Waals surface area contributed by atoms with E-state index in [2.05, 4.69) is 4.90 Å². The standard InChI is InChI=1S/C9H19NO3S/c1-3-9(11)6-10-4-5-14(12,13)7-8(10)2/h8-9,11H,3-7H2,1-2H3/t8?,9-/m0/s1. The van der Waals surface area contributed by atoms with E-state index in [-0.39, 0.29) is 23.7 Å². The molecule has 0 aromatic heterocycles. The fraction of sp³-hybridized carbons (Fsp3) is 1.00. The van der Waals surface area contributed by atoms with Gasteiger partial charge in [-0.15, -0.1) is 0 Å². The van der Waals surface area contributed by atoms with Crippen molar-refractivity contribution in [2.45, 2.75) is 32.4 Å². The minimum absolute atomic E-state index is 0.0370. The molecule has 1 N–H and O–H groups in total. The van der Waals surface area contributed by atoms with E-state index in [1.54, 1.807) is 0 Å². The zero-order chi connectivity index (χ0) is 10.8. The summed E-state index contributed by atoms with van der Waals surface area (Å²) in [5, 5.41) is 9.47. The average Bonchev–Trinajstić information content (AvgIpc) is 2.09. The SMILES string of the molecule is CC[C@H](O)CN1CCS(=O)(=O)CC1C. The van der Waals surface area contributed by atoms with Crippen LogP contribution >= 0.6 is 0 Å². The van der Waals surface area contributed by atoms with Crippen molar-refractivity contribution >= 4 is 9.84 Å². The van der Waals surface area contributed by atoms with E-state index in [9.17, 15) is 13.5 Å². The summed E-state index contributed by atoms with van der Waals surface area (Å²) in [6, 6.07) is 0.0370. The lowest BCUT2D eigenvalue weighted by atomic mass is 10.2. The minimum atomic E-state index is -2.83. The second-order valence-corrected chi connectivity index (χ2v) is 6.25. The van der Waals surface area contributed by atoms with Crippen LogP contribution in [0.15, 0.2) is 0 Å². The summed E-state index contributed by atoms with van der Waals surface area (Å²) < 4.78 is 22.5. The normalized spacial score (nSPS) is 30.1. The van der Waals surface area contributed by atoms with E-state index in [0.717, 1.165) is 6.42 Å². The summed E-state index contributed by atoms with van der Waals surface area (Å²) >= 11 is 0. The molecule has 1 saturated heterocycles. The first kappa shape index (κ1) is 11.9. The number of β-amino-alcohol motifs (C(OH)–C–C–N with tert-alkyl or cyclic N) is 1. The largest absolute Gasteiger partial charge is 0.392 e. The zero-order valence-corrected chi connectivity index (χ0v) is 9.63. The van der Waals surface area contributed by atoms with E-state index in [1.165, 1.54) is 0 Å². The predicted molar refractivity (Wildman–Crippen MR) is 56.0 cm³/mol. The third kappa shape index (κ3) is 3.22. The second-order valence-electron chi connectivity index (χ2n) is 4.02. The number of hydrogen-bond donors (Lipinski definition) is 1. The molecule has 0 radical (unpaired) electrons. The maximum absolute atomic E-state index is 11.3. The van der Waals surface area contributed by atoms with Gasteiger partial charge in [0.25, 0.3) is 0 Å². The van der Waals surface area contributed by atoms with Gasteiger partial charge in [-0.3, -0.25) is 4.90 Å². The lowest BCUT2D eigenvalue weighted by Crippen LogP contribution is -2.49. The first-order valence-electron chi connectivity index (χ1n) is 5.07. The molecule has 1 unspecified atom stereocenters. The molecule has 1 rings (SSSR count). The number of hydrogen-bond acceptors (Lipinski definition) is 4. The monoisotopic (exact) mass is 221 g/mol. The van der Waals surface area contributed by atoms with Gasteiger partial charge in [0.2, 0.25) is 0 Å². The van der Waals surface area contributed by atoms with E-state index in [4.69, 9.17) is 0 Å². The Balaban J connectivity index is 2.50. The topological polar surface area (TPSA) is 57.6 Å². The fourth-order valence-electron chi connectivity index (χ4n) is 1.70. The molecule has 1 aliphatic rings. The van der Waals surface area contributed by atoms with Gasteiger partial charge < -0.3 is 5.11 Å². The lowest BCUT2D eigenvalue weighted by molar-refractivity contribution is 0.0945. The van der Waals surface area contributed by atoms with E-state index >= 15 is 0 Å². The molecule has 1 fully saturated rings. The molecule has 14 heavy (non-hydrogen) atoms. The van der Waals surface area contributed by atoms with Crippen molar-refractivity contribution in [2.24, 2.45) is 0 Å².